The Balaban J connectivity index is 2.10. The summed E-state index contributed by atoms with van der Waals surface area (Å²) in [5.41, 5.74) is 1.99. The maximum atomic E-state index is 13.6. The van der Waals surface area contributed by atoms with Crippen LogP contribution in [0.15, 0.2) is 18.2 Å². The Morgan fingerprint density at radius 1 is 1.47 bits per heavy atom. The Labute approximate surface area is 89.1 Å². The molecule has 1 fully saturated rings. The summed E-state index contributed by atoms with van der Waals surface area (Å²) in [4.78, 5) is 2.35. The van der Waals surface area contributed by atoms with E-state index in [4.69, 9.17) is 0 Å². The first kappa shape index (κ1) is 9.01. The Hall–Kier alpha value is -1.25. The van der Waals surface area contributed by atoms with Crippen molar-refractivity contribution in [1.29, 1.82) is 0 Å². The number of hydrogen-bond acceptors (Lipinski definition) is 2. The van der Waals surface area contributed by atoms with Crippen LogP contribution in [0.1, 0.15) is 19.8 Å². The Bertz CT molecular complexity index is 399. The van der Waals surface area contributed by atoms with Gasteiger partial charge in [0.05, 0.1) is 16.9 Å². The number of nitrogens with one attached hydrogen (secondary N) is 1. The predicted octanol–water partition coefficient (Wildman–Crippen LogP) is 2.61. The van der Waals surface area contributed by atoms with E-state index in [-0.39, 0.29) is 11.4 Å². The van der Waals surface area contributed by atoms with E-state index in [0.717, 1.165) is 18.8 Å². The highest BCUT2D eigenvalue weighted by Crippen LogP contribution is 2.49. The van der Waals surface area contributed by atoms with Crippen molar-refractivity contribution in [3.05, 3.63) is 24.0 Å². The molecule has 1 aliphatic heterocycles. The van der Waals surface area contributed by atoms with Crippen LogP contribution in [0.3, 0.4) is 0 Å². The van der Waals surface area contributed by atoms with Crippen molar-refractivity contribution in [2.75, 3.05) is 23.3 Å². The fourth-order valence-corrected chi connectivity index (χ4v) is 2.61. The average Bonchev–Trinajstić information content (AvgIpc) is 2.99. The summed E-state index contributed by atoms with van der Waals surface area (Å²) in [7, 11) is 0. The lowest BCUT2D eigenvalue weighted by Gasteiger charge is -2.39. The molecule has 0 atom stereocenters. The second kappa shape index (κ2) is 2.87. The monoisotopic (exact) mass is 206 g/mol. The van der Waals surface area contributed by atoms with E-state index in [1.165, 1.54) is 18.9 Å². The molecule has 1 heterocycles. The van der Waals surface area contributed by atoms with Gasteiger partial charge in [-0.1, -0.05) is 6.07 Å². The first-order valence-electron chi connectivity index (χ1n) is 5.57. The molecule has 0 saturated heterocycles. The van der Waals surface area contributed by atoms with Gasteiger partial charge in [0, 0.05) is 13.1 Å². The summed E-state index contributed by atoms with van der Waals surface area (Å²) in [6.45, 7) is 3.98. The summed E-state index contributed by atoms with van der Waals surface area (Å²) in [5.74, 6) is -0.138. The predicted molar refractivity (Wildman–Crippen MR) is 59.9 cm³/mol. The van der Waals surface area contributed by atoms with E-state index >= 15 is 0 Å². The Kier molecular flexibility index (Phi) is 1.73. The highest BCUT2D eigenvalue weighted by molar-refractivity contribution is 5.75. The van der Waals surface area contributed by atoms with Crippen LogP contribution in [0.2, 0.25) is 0 Å². The van der Waals surface area contributed by atoms with Crippen molar-refractivity contribution in [3.63, 3.8) is 0 Å². The van der Waals surface area contributed by atoms with E-state index < -0.39 is 0 Å². The number of anilines is 2. The van der Waals surface area contributed by atoms with Gasteiger partial charge >= 0.3 is 0 Å². The molecular formula is C12H15FN2. The van der Waals surface area contributed by atoms with Gasteiger partial charge in [0.25, 0.3) is 0 Å². The normalized spacial score (nSPS) is 21.1. The SMILES string of the molecule is CCN1c2cccc(F)c2NCC12CC2. The van der Waals surface area contributed by atoms with Crippen LogP contribution in [-0.4, -0.2) is 18.6 Å². The largest absolute Gasteiger partial charge is 0.379 e. The zero-order chi connectivity index (χ0) is 10.5. The van der Waals surface area contributed by atoms with E-state index in [0.29, 0.717) is 5.69 Å². The van der Waals surface area contributed by atoms with Crippen molar-refractivity contribution in [3.8, 4) is 0 Å². The maximum Gasteiger partial charge on any atom is 0.148 e. The smallest absolute Gasteiger partial charge is 0.148 e. The van der Waals surface area contributed by atoms with Crippen LogP contribution in [0.25, 0.3) is 0 Å². The van der Waals surface area contributed by atoms with E-state index in [1.807, 2.05) is 6.07 Å². The second-order valence-electron chi connectivity index (χ2n) is 4.46. The van der Waals surface area contributed by atoms with Gasteiger partial charge in [-0.25, -0.2) is 4.39 Å². The summed E-state index contributed by atoms with van der Waals surface area (Å²) < 4.78 is 13.6. The molecule has 0 radical (unpaired) electrons. The molecule has 3 heteroatoms. The lowest BCUT2D eigenvalue weighted by Crippen LogP contribution is -2.46. The molecular weight excluding hydrogens is 191 g/mol. The van der Waals surface area contributed by atoms with Crippen molar-refractivity contribution in [1.82, 2.24) is 0 Å². The summed E-state index contributed by atoms with van der Waals surface area (Å²) in [6, 6.07) is 5.32. The molecule has 3 rings (SSSR count). The molecule has 1 aromatic rings. The van der Waals surface area contributed by atoms with Gasteiger partial charge in [0.15, 0.2) is 0 Å². The third-order valence-electron chi connectivity index (χ3n) is 3.59. The summed E-state index contributed by atoms with van der Waals surface area (Å²) in [6.07, 6.45) is 2.45. The van der Waals surface area contributed by atoms with Crippen LogP contribution < -0.4 is 10.2 Å². The molecule has 2 nitrogen and oxygen atoms in total. The zero-order valence-electron chi connectivity index (χ0n) is 8.89. The van der Waals surface area contributed by atoms with Crippen LogP contribution >= 0.6 is 0 Å². The fraction of sp³-hybridized carbons (Fsp3) is 0.500. The molecule has 0 aromatic heterocycles. The standard InChI is InChI=1S/C12H15FN2/c1-2-15-10-5-3-4-9(13)11(10)14-8-12(15)6-7-12/h3-5,14H,2,6-8H2,1H3. The van der Waals surface area contributed by atoms with Crippen molar-refractivity contribution < 1.29 is 4.39 Å². The third kappa shape index (κ3) is 1.15. The molecule has 80 valence electrons. The van der Waals surface area contributed by atoms with Crippen molar-refractivity contribution >= 4 is 11.4 Å². The van der Waals surface area contributed by atoms with Crippen LogP contribution in [0, 0.1) is 5.82 Å². The minimum absolute atomic E-state index is 0.138. The first-order chi connectivity index (χ1) is 7.27. The van der Waals surface area contributed by atoms with Crippen molar-refractivity contribution in [2.45, 2.75) is 25.3 Å². The number of nitrogens with zero attached hydrogens (tertiary/aromatic N) is 1. The highest BCUT2D eigenvalue weighted by Gasteiger charge is 2.50. The topological polar surface area (TPSA) is 15.3 Å². The number of halogens is 1. The van der Waals surface area contributed by atoms with Crippen LogP contribution in [0.5, 0.6) is 0 Å². The van der Waals surface area contributed by atoms with Crippen molar-refractivity contribution in [2.24, 2.45) is 0 Å². The van der Waals surface area contributed by atoms with E-state index in [2.05, 4.69) is 17.1 Å². The van der Waals surface area contributed by atoms with Gasteiger partial charge in [0.1, 0.15) is 5.82 Å². The molecule has 15 heavy (non-hydrogen) atoms. The summed E-state index contributed by atoms with van der Waals surface area (Å²) >= 11 is 0. The van der Waals surface area contributed by atoms with Crippen LogP contribution in [-0.2, 0) is 0 Å². The number of hydrogen-bond donors (Lipinski definition) is 1. The number of fused-ring (bicyclic) bond motifs is 1. The van der Waals surface area contributed by atoms with Gasteiger partial charge in [-0.2, -0.15) is 0 Å². The molecule has 0 unspecified atom stereocenters. The lowest BCUT2D eigenvalue weighted by molar-refractivity contribution is 0.583. The van der Waals surface area contributed by atoms with Gasteiger partial charge in [0.2, 0.25) is 0 Å². The molecule has 0 amide bonds. The number of likely N-dealkylation sites (N-methyl/N-ethyl adjacent to an activating group) is 1. The maximum absolute atomic E-state index is 13.6. The minimum atomic E-state index is -0.138. The molecule has 1 N–H and O–H groups in total. The van der Waals surface area contributed by atoms with Gasteiger partial charge in [-0.05, 0) is 31.9 Å². The molecule has 1 saturated carbocycles. The quantitative estimate of drug-likeness (QED) is 0.759. The fourth-order valence-electron chi connectivity index (χ4n) is 2.61. The lowest BCUT2D eigenvalue weighted by atomic mass is 10.1. The van der Waals surface area contributed by atoms with E-state index in [1.54, 1.807) is 6.07 Å². The van der Waals surface area contributed by atoms with Crippen LogP contribution in [0.4, 0.5) is 15.8 Å². The molecule has 1 aliphatic carbocycles. The second-order valence-corrected chi connectivity index (χ2v) is 4.46. The summed E-state index contributed by atoms with van der Waals surface area (Å²) in [5, 5.41) is 3.23. The van der Waals surface area contributed by atoms with E-state index in [9.17, 15) is 4.39 Å². The molecule has 0 bridgehead atoms. The molecule has 1 aromatic carbocycles. The van der Waals surface area contributed by atoms with Gasteiger partial charge < -0.3 is 10.2 Å². The Morgan fingerprint density at radius 2 is 2.27 bits per heavy atom. The average molecular weight is 206 g/mol. The third-order valence-corrected chi connectivity index (χ3v) is 3.59. The first-order valence-corrected chi connectivity index (χ1v) is 5.57. The highest BCUT2D eigenvalue weighted by atomic mass is 19.1. The van der Waals surface area contributed by atoms with Gasteiger partial charge in [-0.3, -0.25) is 0 Å². The number of benzene rings is 1. The number of para-hydroxylation sites is 1. The zero-order valence-corrected chi connectivity index (χ0v) is 8.89. The van der Waals surface area contributed by atoms with Gasteiger partial charge in [-0.15, -0.1) is 0 Å². The number of rotatable bonds is 1. The Morgan fingerprint density at radius 3 is 2.93 bits per heavy atom. The molecule has 1 spiro atoms. The minimum Gasteiger partial charge on any atom is -0.379 e. The molecule has 2 aliphatic rings.